The molecule has 3 nitrogen and oxygen atoms in total. The molecule has 0 amide bonds. The van der Waals surface area contributed by atoms with Gasteiger partial charge < -0.3 is 4.74 Å². The van der Waals surface area contributed by atoms with E-state index in [1.165, 1.54) is 0 Å². The first-order valence-electron chi connectivity index (χ1n) is 3.55. The van der Waals surface area contributed by atoms with Crippen molar-refractivity contribution in [2.45, 2.75) is 20.1 Å². The molecule has 1 aromatic heterocycles. The molecule has 0 aliphatic carbocycles. The Morgan fingerprint density at radius 1 is 1.82 bits per heavy atom. The molecule has 0 spiro atoms. The zero-order chi connectivity index (χ0) is 8.27. The van der Waals surface area contributed by atoms with Crippen LogP contribution in [0.5, 0.6) is 0 Å². The highest BCUT2D eigenvalue weighted by atomic mass is 127. The summed E-state index contributed by atoms with van der Waals surface area (Å²) in [5.74, 6) is 0. The molecular weight excluding hydrogens is 255 g/mol. The van der Waals surface area contributed by atoms with Gasteiger partial charge in [0, 0.05) is 12.8 Å². The average Bonchev–Trinajstić information content (AvgIpc) is 2.36. The summed E-state index contributed by atoms with van der Waals surface area (Å²) in [6, 6.07) is 0. The molecule has 0 aliphatic heterocycles. The van der Waals surface area contributed by atoms with Gasteiger partial charge in [0.25, 0.3) is 0 Å². The minimum atomic E-state index is 0.0449. The zero-order valence-corrected chi connectivity index (χ0v) is 8.78. The van der Waals surface area contributed by atoms with E-state index in [2.05, 4.69) is 27.7 Å². The van der Waals surface area contributed by atoms with E-state index in [4.69, 9.17) is 4.74 Å². The lowest BCUT2D eigenvalue weighted by atomic mass is 10.6. The number of nitrogens with zero attached hydrogens (tertiary/aromatic N) is 2. The van der Waals surface area contributed by atoms with Gasteiger partial charge in [0.1, 0.15) is 6.23 Å². The maximum absolute atomic E-state index is 5.34. The van der Waals surface area contributed by atoms with E-state index in [1.54, 1.807) is 0 Å². The molecule has 0 bridgehead atoms. The van der Waals surface area contributed by atoms with Crippen LogP contribution in [-0.2, 0) is 4.74 Å². The number of halogens is 1. The summed E-state index contributed by atoms with van der Waals surface area (Å²) in [7, 11) is 0. The van der Waals surface area contributed by atoms with Crippen molar-refractivity contribution in [2.24, 2.45) is 0 Å². The summed E-state index contributed by atoms with van der Waals surface area (Å²) in [5, 5.41) is 4.12. The highest BCUT2D eigenvalue weighted by Crippen LogP contribution is 2.08. The molecule has 1 heterocycles. The first-order valence-corrected chi connectivity index (χ1v) is 4.63. The molecule has 0 aliphatic rings. The van der Waals surface area contributed by atoms with Crippen LogP contribution in [0, 0.1) is 3.57 Å². The average molecular weight is 266 g/mol. The summed E-state index contributed by atoms with van der Waals surface area (Å²) >= 11 is 2.22. The quantitative estimate of drug-likeness (QED) is 0.783. The van der Waals surface area contributed by atoms with Gasteiger partial charge in [-0.1, -0.05) is 0 Å². The molecular formula is C7H11IN2O. The van der Waals surface area contributed by atoms with Crippen LogP contribution in [0.2, 0.25) is 0 Å². The van der Waals surface area contributed by atoms with Gasteiger partial charge in [-0.05, 0) is 36.4 Å². The Labute approximate surface area is 79.9 Å². The molecule has 1 atom stereocenters. The molecule has 4 heteroatoms. The van der Waals surface area contributed by atoms with Gasteiger partial charge in [-0.2, -0.15) is 5.10 Å². The second-order valence-corrected chi connectivity index (χ2v) is 3.44. The van der Waals surface area contributed by atoms with Crippen molar-refractivity contribution < 1.29 is 4.74 Å². The lowest BCUT2D eigenvalue weighted by Gasteiger charge is -2.10. The van der Waals surface area contributed by atoms with Crippen molar-refractivity contribution in [2.75, 3.05) is 6.61 Å². The molecule has 0 saturated carbocycles. The highest BCUT2D eigenvalue weighted by Gasteiger charge is 2.03. The third kappa shape index (κ3) is 2.44. The Balaban J connectivity index is 2.60. The predicted molar refractivity (Wildman–Crippen MR) is 51.3 cm³/mol. The maximum Gasteiger partial charge on any atom is 0.147 e. The molecule has 0 N–H and O–H groups in total. The minimum Gasteiger partial charge on any atom is -0.357 e. The van der Waals surface area contributed by atoms with Crippen molar-refractivity contribution in [3.05, 3.63) is 16.0 Å². The molecule has 11 heavy (non-hydrogen) atoms. The Morgan fingerprint density at radius 3 is 3.00 bits per heavy atom. The van der Waals surface area contributed by atoms with Crippen molar-refractivity contribution in [1.29, 1.82) is 0 Å². The van der Waals surface area contributed by atoms with Gasteiger partial charge >= 0.3 is 0 Å². The molecule has 0 unspecified atom stereocenters. The molecule has 62 valence electrons. The summed E-state index contributed by atoms with van der Waals surface area (Å²) < 4.78 is 8.28. The predicted octanol–water partition coefficient (Wildman–Crippen LogP) is 2.04. The summed E-state index contributed by atoms with van der Waals surface area (Å²) in [5.41, 5.74) is 0. The van der Waals surface area contributed by atoms with Gasteiger partial charge in [0.05, 0.1) is 9.77 Å². The Bertz CT molecular complexity index is 224. The van der Waals surface area contributed by atoms with E-state index in [-0.39, 0.29) is 6.23 Å². The molecule has 1 aromatic rings. The monoisotopic (exact) mass is 266 g/mol. The van der Waals surface area contributed by atoms with E-state index >= 15 is 0 Å². The number of hydrogen-bond acceptors (Lipinski definition) is 2. The fourth-order valence-corrected chi connectivity index (χ4v) is 1.24. The molecule has 0 radical (unpaired) electrons. The van der Waals surface area contributed by atoms with Crippen molar-refractivity contribution in [3.63, 3.8) is 0 Å². The van der Waals surface area contributed by atoms with E-state index < -0.39 is 0 Å². The van der Waals surface area contributed by atoms with Crippen LogP contribution in [0.1, 0.15) is 20.1 Å². The van der Waals surface area contributed by atoms with E-state index in [0.29, 0.717) is 0 Å². The smallest absolute Gasteiger partial charge is 0.147 e. The maximum atomic E-state index is 5.34. The van der Waals surface area contributed by atoms with Crippen LogP contribution in [-0.4, -0.2) is 16.4 Å². The second-order valence-electron chi connectivity index (χ2n) is 2.19. The van der Waals surface area contributed by atoms with E-state index in [0.717, 1.165) is 10.2 Å². The van der Waals surface area contributed by atoms with E-state index in [1.807, 2.05) is 30.9 Å². The molecule has 0 saturated heterocycles. The Morgan fingerprint density at radius 2 is 2.55 bits per heavy atom. The van der Waals surface area contributed by atoms with Gasteiger partial charge in [-0.15, -0.1) is 0 Å². The van der Waals surface area contributed by atoms with Gasteiger partial charge in [-0.3, -0.25) is 0 Å². The normalized spacial score (nSPS) is 13.4. The van der Waals surface area contributed by atoms with Gasteiger partial charge in [0.15, 0.2) is 0 Å². The second kappa shape index (κ2) is 4.06. The number of aromatic nitrogens is 2. The number of hydrogen-bond donors (Lipinski definition) is 0. The van der Waals surface area contributed by atoms with Gasteiger partial charge in [-0.25, -0.2) is 4.68 Å². The van der Waals surface area contributed by atoms with Crippen LogP contribution in [0.3, 0.4) is 0 Å². The van der Waals surface area contributed by atoms with Crippen molar-refractivity contribution in [3.8, 4) is 0 Å². The zero-order valence-electron chi connectivity index (χ0n) is 6.62. The molecule has 1 rings (SSSR count). The van der Waals surface area contributed by atoms with Crippen LogP contribution in [0.25, 0.3) is 0 Å². The molecule has 0 aromatic carbocycles. The molecule has 0 fully saturated rings. The Kier molecular flexibility index (Phi) is 3.32. The van der Waals surface area contributed by atoms with Crippen LogP contribution in [0.4, 0.5) is 0 Å². The third-order valence-electron chi connectivity index (χ3n) is 1.35. The third-order valence-corrected chi connectivity index (χ3v) is 1.91. The van der Waals surface area contributed by atoms with E-state index in [9.17, 15) is 0 Å². The van der Waals surface area contributed by atoms with Crippen LogP contribution >= 0.6 is 22.6 Å². The first-order chi connectivity index (χ1) is 5.24. The number of rotatable bonds is 3. The fraction of sp³-hybridized carbons (Fsp3) is 0.571. The lowest BCUT2D eigenvalue weighted by molar-refractivity contribution is 0.0159. The fourth-order valence-electron chi connectivity index (χ4n) is 0.831. The Hall–Kier alpha value is -0.100. The number of ether oxygens (including phenoxy) is 1. The first kappa shape index (κ1) is 8.99. The van der Waals surface area contributed by atoms with Crippen LogP contribution in [0.15, 0.2) is 12.4 Å². The van der Waals surface area contributed by atoms with Crippen molar-refractivity contribution >= 4 is 22.6 Å². The summed E-state index contributed by atoms with van der Waals surface area (Å²) in [6.07, 6.45) is 3.82. The summed E-state index contributed by atoms with van der Waals surface area (Å²) in [4.78, 5) is 0. The largest absolute Gasteiger partial charge is 0.357 e. The topological polar surface area (TPSA) is 27.1 Å². The van der Waals surface area contributed by atoms with Gasteiger partial charge in [0.2, 0.25) is 0 Å². The summed E-state index contributed by atoms with van der Waals surface area (Å²) in [6.45, 7) is 4.68. The lowest BCUT2D eigenvalue weighted by Crippen LogP contribution is -2.09. The van der Waals surface area contributed by atoms with Crippen LogP contribution < -0.4 is 0 Å². The van der Waals surface area contributed by atoms with Crippen molar-refractivity contribution in [1.82, 2.24) is 9.78 Å². The minimum absolute atomic E-state index is 0.0449. The standard InChI is InChI=1S/C7H11IN2O/c1-3-11-6(2)10-5-7(8)4-9-10/h4-6H,3H2,1-2H3/t6-/m1/s1. The highest BCUT2D eigenvalue weighted by molar-refractivity contribution is 14.1. The SMILES string of the molecule is CCO[C@H](C)n1cc(I)cn1.